The van der Waals surface area contributed by atoms with E-state index in [1.807, 2.05) is 4.90 Å². The lowest BCUT2D eigenvalue weighted by Gasteiger charge is -2.47. The van der Waals surface area contributed by atoms with Crippen molar-refractivity contribution in [2.24, 2.45) is 0 Å². The van der Waals surface area contributed by atoms with E-state index >= 15 is 8.78 Å². The van der Waals surface area contributed by atoms with Crippen LogP contribution >= 0.6 is 23.2 Å². The van der Waals surface area contributed by atoms with Crippen molar-refractivity contribution in [1.29, 1.82) is 0 Å². The largest absolute Gasteiger partial charge is 0.475 e. The minimum absolute atomic E-state index is 0.174. The quantitative estimate of drug-likeness (QED) is 0.161. The predicted molar refractivity (Wildman–Crippen MR) is 222 cm³/mol. The lowest BCUT2D eigenvalue weighted by Crippen LogP contribution is -2.55. The van der Waals surface area contributed by atoms with Gasteiger partial charge in [-0.2, -0.15) is 9.97 Å². The monoisotopic (exact) mass is 856 g/mol. The molecule has 4 N–H and O–H groups in total. The molecule has 4 bridgehead atoms. The molecule has 6 aliphatic rings. The lowest BCUT2D eigenvalue weighted by molar-refractivity contribution is -0.122. The van der Waals surface area contributed by atoms with Gasteiger partial charge < -0.3 is 30.7 Å². The number of anilines is 6. The molecule has 0 spiro atoms. The molecule has 0 radical (unpaired) electrons. The molecule has 0 aromatic carbocycles. The van der Waals surface area contributed by atoms with Crippen LogP contribution in [-0.2, 0) is 0 Å². The number of piperidine rings is 1. The third-order valence-corrected chi connectivity index (χ3v) is 13.1. The summed E-state index contributed by atoms with van der Waals surface area (Å²) in [4.78, 5) is 22.0. The van der Waals surface area contributed by atoms with E-state index in [2.05, 4.69) is 69.7 Å². The number of hydrogen-bond acceptors (Lipinski definition) is 14. The van der Waals surface area contributed by atoms with Crippen molar-refractivity contribution in [3.63, 3.8) is 0 Å². The molecule has 2 unspecified atom stereocenters. The number of aromatic nitrogens is 8. The van der Waals surface area contributed by atoms with Crippen molar-refractivity contribution in [3.05, 3.63) is 33.8 Å². The molecular weight excluding hydrogens is 805 g/mol. The summed E-state index contributed by atoms with van der Waals surface area (Å²) < 4.78 is 45.9. The van der Waals surface area contributed by atoms with Gasteiger partial charge in [0.2, 0.25) is 11.9 Å². The highest BCUT2D eigenvalue weighted by Gasteiger charge is 2.49. The first-order chi connectivity index (χ1) is 28.5. The first-order valence-corrected chi connectivity index (χ1v) is 21.7. The molecule has 4 aliphatic heterocycles. The Labute approximate surface area is 352 Å². The summed E-state index contributed by atoms with van der Waals surface area (Å²) in [6.07, 6.45) is 12.2. The smallest absolute Gasteiger partial charge is 0.282 e. The molecular formula is C39H52Cl2F2N14O2. The molecule has 20 heteroatoms. The number of ether oxygens (including phenoxy) is 2. The van der Waals surface area contributed by atoms with Gasteiger partial charge in [0.1, 0.15) is 27.5 Å². The minimum Gasteiger partial charge on any atom is -0.475 e. The zero-order valence-electron chi connectivity index (χ0n) is 33.7. The molecule has 4 aromatic rings. The van der Waals surface area contributed by atoms with E-state index in [0.29, 0.717) is 102 Å². The van der Waals surface area contributed by atoms with E-state index in [1.165, 1.54) is 30.1 Å². The zero-order valence-corrected chi connectivity index (χ0v) is 35.2. The molecule has 2 aliphatic carbocycles. The standard InChI is InChI=1S/C20H26ClF2N7O.C19H26ClN7O/c1-12-16-18(31-9-3-7-24-17-14(21)10-25-19(26-16)27-17)28-30(12)15-6-8-29(11-20(15,22)23)13-4-2-5-13;1-11-6-7-28-18-16(23-19-21-8-15(20)17(22-11)24-19)12(2)27(25-18)14-9-26(10-14)13-4-3-5-13/h10,13,15H,2-9,11H2,1H3,(H2,24,25,26,27);8,11,13-14H,3-7,9-10H2,1-2H3,(H2,21,22,23,24). The number of alkyl halides is 2. The molecule has 2 saturated heterocycles. The highest BCUT2D eigenvalue weighted by atomic mass is 35.5. The Kier molecular flexibility index (Phi) is 11.3. The summed E-state index contributed by atoms with van der Waals surface area (Å²) in [5.41, 5.74) is 2.97. The van der Waals surface area contributed by atoms with Gasteiger partial charge in [0.25, 0.3) is 17.7 Å². The van der Waals surface area contributed by atoms with Gasteiger partial charge >= 0.3 is 0 Å². The maximum atomic E-state index is 15.2. The van der Waals surface area contributed by atoms with Gasteiger partial charge in [-0.25, -0.2) is 18.7 Å². The summed E-state index contributed by atoms with van der Waals surface area (Å²) in [5.74, 6) is -0.0345. The Morgan fingerprint density at radius 3 is 1.97 bits per heavy atom. The van der Waals surface area contributed by atoms with E-state index < -0.39 is 12.0 Å². The molecule has 2 saturated carbocycles. The van der Waals surface area contributed by atoms with Gasteiger partial charge in [0.05, 0.1) is 49.6 Å². The molecule has 318 valence electrons. The van der Waals surface area contributed by atoms with Crippen molar-refractivity contribution in [2.75, 3.05) is 67.2 Å². The summed E-state index contributed by atoms with van der Waals surface area (Å²) in [6, 6.07) is 0.643. The van der Waals surface area contributed by atoms with Gasteiger partial charge in [-0.15, -0.1) is 10.2 Å². The van der Waals surface area contributed by atoms with E-state index in [1.54, 1.807) is 13.1 Å². The average molecular weight is 858 g/mol. The molecule has 59 heavy (non-hydrogen) atoms. The van der Waals surface area contributed by atoms with Crippen LogP contribution in [0.2, 0.25) is 10.0 Å². The SMILES string of the molecule is Cc1c2c(nn1C1CCN(C3CCC3)CC1(F)F)OCCCNc1nc(ncc1Cl)N2.Cc1c2c(nn1C1CN(C3CCC3)C1)OCCC(C)Nc1nc(ncc1Cl)N2. The van der Waals surface area contributed by atoms with Crippen molar-refractivity contribution in [2.45, 2.75) is 115 Å². The van der Waals surface area contributed by atoms with E-state index in [4.69, 9.17) is 37.8 Å². The number of likely N-dealkylation sites (tertiary alicyclic amines) is 2. The summed E-state index contributed by atoms with van der Waals surface area (Å²) in [6.45, 7) is 10.0. The van der Waals surface area contributed by atoms with Crippen LogP contribution in [0.15, 0.2) is 12.4 Å². The van der Waals surface area contributed by atoms with E-state index in [-0.39, 0.29) is 18.5 Å². The van der Waals surface area contributed by atoms with Crippen LogP contribution < -0.4 is 30.7 Å². The second-order valence-electron chi connectivity index (χ2n) is 16.6. The summed E-state index contributed by atoms with van der Waals surface area (Å²) >= 11 is 12.4. The number of hydrogen-bond donors (Lipinski definition) is 4. The van der Waals surface area contributed by atoms with Crippen molar-refractivity contribution < 1.29 is 18.3 Å². The third-order valence-electron chi connectivity index (χ3n) is 12.5. The first kappa shape index (κ1) is 40.2. The van der Waals surface area contributed by atoms with Crippen LogP contribution in [0, 0.1) is 13.8 Å². The number of rotatable bonds is 4. The van der Waals surface area contributed by atoms with Gasteiger partial charge in [0.15, 0.2) is 11.6 Å². The van der Waals surface area contributed by atoms with Gasteiger partial charge in [-0.3, -0.25) is 19.2 Å². The summed E-state index contributed by atoms with van der Waals surface area (Å²) in [5, 5.41) is 23.1. The fraction of sp³-hybridized carbons (Fsp3) is 0.641. The Bertz CT molecular complexity index is 2140. The third kappa shape index (κ3) is 8.29. The molecule has 2 atom stereocenters. The number of nitrogens with one attached hydrogen (secondary N) is 4. The normalized spacial score (nSPS) is 23.7. The van der Waals surface area contributed by atoms with Crippen LogP contribution in [0.4, 0.5) is 43.7 Å². The lowest BCUT2D eigenvalue weighted by atomic mass is 9.88. The number of nitrogens with zero attached hydrogens (tertiary/aromatic N) is 10. The van der Waals surface area contributed by atoms with E-state index in [0.717, 1.165) is 56.2 Å². The topological polar surface area (TPSA) is 160 Å². The van der Waals surface area contributed by atoms with Gasteiger partial charge in [0, 0.05) is 50.7 Å². The second kappa shape index (κ2) is 16.7. The molecule has 16 nitrogen and oxygen atoms in total. The number of halogens is 4. The Morgan fingerprint density at radius 1 is 0.729 bits per heavy atom. The second-order valence-corrected chi connectivity index (χ2v) is 17.4. The maximum absolute atomic E-state index is 15.2. The Balaban J connectivity index is 0.000000153. The molecule has 4 fully saturated rings. The number of fused-ring (bicyclic) bond motifs is 6. The van der Waals surface area contributed by atoms with Crippen LogP contribution in [0.5, 0.6) is 11.8 Å². The van der Waals surface area contributed by atoms with Crippen LogP contribution in [0.25, 0.3) is 0 Å². The molecule has 0 amide bonds. The maximum Gasteiger partial charge on any atom is 0.282 e. The van der Waals surface area contributed by atoms with Crippen LogP contribution in [0.3, 0.4) is 0 Å². The fourth-order valence-electron chi connectivity index (χ4n) is 8.53. The van der Waals surface area contributed by atoms with Crippen molar-refractivity contribution in [1.82, 2.24) is 49.3 Å². The highest BCUT2D eigenvalue weighted by molar-refractivity contribution is 6.33. The van der Waals surface area contributed by atoms with Gasteiger partial charge in [-0.1, -0.05) is 36.0 Å². The predicted octanol–water partition coefficient (Wildman–Crippen LogP) is 7.38. The van der Waals surface area contributed by atoms with Crippen molar-refractivity contribution >= 4 is 58.1 Å². The fourth-order valence-corrected chi connectivity index (χ4v) is 8.84. The minimum atomic E-state index is -2.88. The molecule has 10 rings (SSSR count). The zero-order chi connectivity index (χ0) is 40.8. The molecule has 8 heterocycles. The van der Waals surface area contributed by atoms with E-state index in [9.17, 15) is 0 Å². The van der Waals surface area contributed by atoms with Crippen molar-refractivity contribution in [3.8, 4) is 11.8 Å². The van der Waals surface area contributed by atoms with Gasteiger partial charge in [-0.05, 0) is 59.3 Å². The van der Waals surface area contributed by atoms with Crippen LogP contribution in [0.1, 0.15) is 88.2 Å². The highest BCUT2D eigenvalue weighted by Crippen LogP contribution is 2.43. The Morgan fingerprint density at radius 2 is 1.32 bits per heavy atom. The first-order valence-electron chi connectivity index (χ1n) is 20.9. The molecule has 4 aromatic heterocycles. The average Bonchev–Trinajstić information content (AvgIpc) is 3.58. The summed E-state index contributed by atoms with van der Waals surface area (Å²) in [7, 11) is 0. The van der Waals surface area contributed by atoms with Crippen LogP contribution in [-0.4, -0.2) is 119 Å². The Hall–Kier alpha value is -4.26.